The van der Waals surface area contributed by atoms with Crippen molar-refractivity contribution in [3.63, 3.8) is 0 Å². The molecule has 1 saturated carbocycles. The highest BCUT2D eigenvalue weighted by Gasteiger charge is 2.40. The maximum absolute atomic E-state index is 10.9. The number of aliphatic hydroxyl groups is 2. The number of fused-ring (bicyclic) bond motifs is 1. The summed E-state index contributed by atoms with van der Waals surface area (Å²) in [5.41, 5.74) is -0.216. The van der Waals surface area contributed by atoms with Crippen LogP contribution < -0.4 is 0 Å². The van der Waals surface area contributed by atoms with Crippen molar-refractivity contribution in [2.24, 2.45) is 0 Å². The summed E-state index contributed by atoms with van der Waals surface area (Å²) >= 11 is 0. The molecule has 0 aliphatic heterocycles. The van der Waals surface area contributed by atoms with E-state index in [9.17, 15) is 10.2 Å². The molecule has 1 aliphatic rings. The van der Waals surface area contributed by atoms with Gasteiger partial charge in [0.2, 0.25) is 0 Å². The van der Waals surface area contributed by atoms with Gasteiger partial charge in [0, 0.05) is 0 Å². The molecule has 0 spiro atoms. The van der Waals surface area contributed by atoms with Gasteiger partial charge in [0.05, 0.1) is 6.10 Å². The van der Waals surface area contributed by atoms with E-state index in [-0.39, 0.29) is 0 Å². The molecule has 2 nitrogen and oxygen atoms in total. The van der Waals surface area contributed by atoms with Crippen LogP contribution in [0.15, 0.2) is 42.5 Å². The summed E-state index contributed by atoms with van der Waals surface area (Å²) in [6.07, 6.45) is 2.63. The van der Waals surface area contributed by atoms with Crippen molar-refractivity contribution in [1.29, 1.82) is 0 Å². The summed E-state index contributed by atoms with van der Waals surface area (Å²) in [5, 5.41) is 23.2. The van der Waals surface area contributed by atoms with Gasteiger partial charge in [-0.05, 0) is 29.2 Å². The van der Waals surface area contributed by atoms with E-state index in [2.05, 4.69) is 0 Å². The molecule has 0 saturated heterocycles. The average Bonchev–Trinajstić information content (AvgIpc) is 2.41. The van der Waals surface area contributed by atoms with E-state index in [4.69, 9.17) is 0 Å². The van der Waals surface area contributed by atoms with E-state index < -0.39 is 11.7 Å². The van der Waals surface area contributed by atoms with Crippen molar-refractivity contribution >= 4 is 10.8 Å². The number of rotatable bonds is 1. The van der Waals surface area contributed by atoms with E-state index in [1.165, 1.54) is 0 Å². The third-order valence-electron chi connectivity index (χ3n) is 4.09. The second kappa shape index (κ2) is 4.38. The lowest BCUT2D eigenvalue weighted by molar-refractivity contribution is -0.105. The molecule has 3 rings (SSSR count). The van der Waals surface area contributed by atoms with Gasteiger partial charge < -0.3 is 10.2 Å². The zero-order valence-corrected chi connectivity index (χ0v) is 10.3. The van der Waals surface area contributed by atoms with Crippen molar-refractivity contribution in [2.75, 3.05) is 0 Å². The molecule has 1 aliphatic carbocycles. The monoisotopic (exact) mass is 242 g/mol. The molecule has 94 valence electrons. The molecule has 0 bridgehead atoms. The van der Waals surface area contributed by atoms with Crippen molar-refractivity contribution in [3.8, 4) is 0 Å². The Morgan fingerprint density at radius 1 is 1.00 bits per heavy atom. The Kier molecular flexibility index (Phi) is 2.84. The zero-order chi connectivity index (χ0) is 12.6. The lowest BCUT2D eigenvalue weighted by Crippen LogP contribution is -2.42. The first-order valence-electron chi connectivity index (χ1n) is 6.60. The van der Waals surface area contributed by atoms with Crippen LogP contribution in [0.3, 0.4) is 0 Å². The standard InChI is InChI=1S/C16H18O2/c17-15-10-3-4-11-16(15,18)14-9-5-7-12-6-1-2-8-13(12)14/h1-2,5-9,15,17-18H,3-4,10-11H2/t15-,16?/m1/s1. The van der Waals surface area contributed by atoms with Crippen LogP contribution in [0.5, 0.6) is 0 Å². The fourth-order valence-electron chi connectivity index (χ4n) is 3.05. The van der Waals surface area contributed by atoms with Crippen LogP contribution in [0.1, 0.15) is 31.2 Å². The molecule has 0 radical (unpaired) electrons. The van der Waals surface area contributed by atoms with Crippen LogP contribution in [0.2, 0.25) is 0 Å². The quantitative estimate of drug-likeness (QED) is 0.807. The second-order valence-corrected chi connectivity index (χ2v) is 5.21. The Balaban J connectivity index is 2.19. The maximum atomic E-state index is 10.9. The van der Waals surface area contributed by atoms with Crippen molar-refractivity contribution in [1.82, 2.24) is 0 Å². The summed E-state index contributed by atoms with van der Waals surface area (Å²) in [7, 11) is 0. The maximum Gasteiger partial charge on any atom is 0.116 e. The molecule has 0 amide bonds. The smallest absolute Gasteiger partial charge is 0.116 e. The molecule has 2 heteroatoms. The normalized spacial score (nSPS) is 28.4. The summed E-state index contributed by atoms with van der Waals surface area (Å²) in [6.45, 7) is 0. The first-order chi connectivity index (χ1) is 8.72. The molecular weight excluding hydrogens is 224 g/mol. The number of hydrogen-bond acceptors (Lipinski definition) is 2. The summed E-state index contributed by atoms with van der Waals surface area (Å²) in [5.74, 6) is 0. The fraction of sp³-hybridized carbons (Fsp3) is 0.375. The highest BCUT2D eigenvalue weighted by Crippen LogP contribution is 2.40. The van der Waals surface area contributed by atoms with Gasteiger partial charge in [-0.3, -0.25) is 0 Å². The topological polar surface area (TPSA) is 40.5 Å². The van der Waals surface area contributed by atoms with E-state index in [1.54, 1.807) is 0 Å². The van der Waals surface area contributed by atoms with Crippen molar-refractivity contribution < 1.29 is 10.2 Å². The molecule has 0 heterocycles. The molecule has 18 heavy (non-hydrogen) atoms. The zero-order valence-electron chi connectivity index (χ0n) is 10.3. The second-order valence-electron chi connectivity index (χ2n) is 5.21. The van der Waals surface area contributed by atoms with Crippen LogP contribution in [0.25, 0.3) is 10.8 Å². The SMILES string of the molecule is O[C@@H]1CCCCC1(O)c1cccc2ccccc12. The Bertz CT molecular complexity index is 559. The Labute approximate surface area is 107 Å². The van der Waals surface area contributed by atoms with E-state index >= 15 is 0 Å². The van der Waals surface area contributed by atoms with Crippen LogP contribution in [0, 0.1) is 0 Å². The predicted octanol–water partition coefficient (Wildman–Crippen LogP) is 2.96. The van der Waals surface area contributed by atoms with E-state index in [0.717, 1.165) is 29.2 Å². The van der Waals surface area contributed by atoms with Gasteiger partial charge in [-0.2, -0.15) is 0 Å². The van der Waals surface area contributed by atoms with Crippen LogP contribution in [0.4, 0.5) is 0 Å². The lowest BCUT2D eigenvalue weighted by atomic mass is 9.76. The minimum Gasteiger partial charge on any atom is -0.390 e. The van der Waals surface area contributed by atoms with Gasteiger partial charge in [-0.1, -0.05) is 55.3 Å². The molecule has 2 aromatic rings. The molecule has 1 unspecified atom stereocenters. The van der Waals surface area contributed by atoms with Gasteiger partial charge in [-0.25, -0.2) is 0 Å². The Hall–Kier alpha value is -1.38. The number of aliphatic hydroxyl groups excluding tert-OH is 1. The van der Waals surface area contributed by atoms with Gasteiger partial charge in [-0.15, -0.1) is 0 Å². The minimum atomic E-state index is -1.08. The van der Waals surface area contributed by atoms with Gasteiger partial charge in [0.1, 0.15) is 5.60 Å². The largest absolute Gasteiger partial charge is 0.390 e. The average molecular weight is 242 g/mol. The van der Waals surface area contributed by atoms with E-state index in [0.29, 0.717) is 12.8 Å². The van der Waals surface area contributed by atoms with Gasteiger partial charge in [0.15, 0.2) is 0 Å². The van der Waals surface area contributed by atoms with Crippen LogP contribution >= 0.6 is 0 Å². The Morgan fingerprint density at radius 3 is 2.61 bits per heavy atom. The van der Waals surface area contributed by atoms with Gasteiger partial charge >= 0.3 is 0 Å². The number of hydrogen-bond donors (Lipinski definition) is 2. The highest BCUT2D eigenvalue weighted by atomic mass is 16.3. The van der Waals surface area contributed by atoms with Crippen molar-refractivity contribution in [2.45, 2.75) is 37.4 Å². The highest BCUT2D eigenvalue weighted by molar-refractivity contribution is 5.86. The minimum absolute atomic E-state index is 0.641. The predicted molar refractivity (Wildman–Crippen MR) is 72.3 cm³/mol. The van der Waals surface area contributed by atoms with Crippen LogP contribution in [-0.2, 0) is 5.60 Å². The molecular formula is C16H18O2. The third-order valence-corrected chi connectivity index (χ3v) is 4.09. The van der Waals surface area contributed by atoms with Gasteiger partial charge in [0.25, 0.3) is 0 Å². The summed E-state index contributed by atoms with van der Waals surface area (Å²) < 4.78 is 0. The molecule has 0 aromatic heterocycles. The van der Waals surface area contributed by atoms with Crippen molar-refractivity contribution in [3.05, 3.63) is 48.0 Å². The summed E-state index contributed by atoms with van der Waals surface area (Å²) in [6, 6.07) is 14.0. The number of benzene rings is 2. The molecule has 2 N–H and O–H groups in total. The van der Waals surface area contributed by atoms with Crippen LogP contribution in [-0.4, -0.2) is 16.3 Å². The third kappa shape index (κ3) is 1.73. The first-order valence-corrected chi connectivity index (χ1v) is 6.60. The molecule has 2 atom stereocenters. The first kappa shape index (κ1) is 11.7. The lowest BCUT2D eigenvalue weighted by Gasteiger charge is -2.38. The van der Waals surface area contributed by atoms with E-state index in [1.807, 2.05) is 42.5 Å². The fourth-order valence-corrected chi connectivity index (χ4v) is 3.05. The summed E-state index contributed by atoms with van der Waals surface area (Å²) in [4.78, 5) is 0. The Morgan fingerprint density at radius 2 is 1.78 bits per heavy atom. The molecule has 2 aromatic carbocycles. The molecule has 1 fully saturated rings.